The molecule has 208 valence electrons. The van der Waals surface area contributed by atoms with Crippen LogP contribution in [0, 0.1) is 5.41 Å². The molecular formula is C31H40N4O4. The molecule has 0 saturated heterocycles. The number of carbonyl (C=O) groups excluding carboxylic acids is 2. The Labute approximate surface area is 231 Å². The third-order valence-electron chi connectivity index (χ3n) is 6.98. The predicted octanol–water partition coefficient (Wildman–Crippen LogP) is 5.95. The van der Waals surface area contributed by atoms with Crippen molar-refractivity contribution in [1.82, 2.24) is 19.8 Å². The lowest BCUT2D eigenvalue weighted by molar-refractivity contribution is -0.142. The van der Waals surface area contributed by atoms with Crippen LogP contribution < -0.4 is 5.32 Å². The van der Waals surface area contributed by atoms with Gasteiger partial charge in [0.05, 0.1) is 24.1 Å². The van der Waals surface area contributed by atoms with E-state index < -0.39 is 41.3 Å². The molecule has 3 atom stereocenters. The average Bonchev–Trinajstić information content (AvgIpc) is 3.38. The van der Waals surface area contributed by atoms with E-state index in [4.69, 9.17) is 0 Å². The molecule has 1 aromatic heterocycles. The Kier molecular flexibility index (Phi) is 10.0. The van der Waals surface area contributed by atoms with Crippen molar-refractivity contribution in [2.24, 2.45) is 5.41 Å². The fraction of sp³-hybridized carbons (Fsp3) is 0.419. The second-order valence-electron chi connectivity index (χ2n) is 11.0. The van der Waals surface area contributed by atoms with Crippen LogP contribution in [0.4, 0.5) is 4.79 Å². The summed E-state index contributed by atoms with van der Waals surface area (Å²) in [5.74, 6) is -1.51. The molecule has 1 heterocycles. The molecule has 0 aliphatic rings. The average molecular weight is 533 g/mol. The number of imidazole rings is 1. The summed E-state index contributed by atoms with van der Waals surface area (Å²) in [6.07, 6.45) is 3.98. The van der Waals surface area contributed by atoms with Gasteiger partial charge in [-0.1, -0.05) is 101 Å². The quantitative estimate of drug-likeness (QED) is 0.281. The first-order chi connectivity index (χ1) is 18.5. The summed E-state index contributed by atoms with van der Waals surface area (Å²) in [6.45, 7) is 9.90. The fourth-order valence-electron chi connectivity index (χ4n) is 4.72. The van der Waals surface area contributed by atoms with Crippen molar-refractivity contribution in [3.8, 4) is 11.3 Å². The van der Waals surface area contributed by atoms with Crippen molar-refractivity contribution >= 4 is 17.8 Å². The highest BCUT2D eigenvalue weighted by Gasteiger charge is 2.42. The van der Waals surface area contributed by atoms with Crippen LogP contribution in [-0.4, -0.2) is 49.4 Å². The molecule has 0 saturated carbocycles. The lowest BCUT2D eigenvalue weighted by Crippen LogP contribution is -2.58. The Hall–Kier alpha value is -3.94. The van der Waals surface area contributed by atoms with Crippen LogP contribution in [0.15, 0.2) is 73.2 Å². The number of carbonyl (C=O) groups is 3. The van der Waals surface area contributed by atoms with E-state index in [-0.39, 0.29) is 13.0 Å². The van der Waals surface area contributed by atoms with Crippen LogP contribution in [0.25, 0.3) is 11.3 Å². The van der Waals surface area contributed by atoms with Gasteiger partial charge in [-0.25, -0.2) is 9.78 Å². The van der Waals surface area contributed by atoms with Crippen LogP contribution in [-0.2, 0) is 16.1 Å². The van der Waals surface area contributed by atoms with Gasteiger partial charge in [-0.3, -0.25) is 14.5 Å². The van der Waals surface area contributed by atoms with E-state index in [1.807, 2.05) is 99.1 Å². The number of unbranched alkanes of at least 4 members (excludes halogenated alkanes) is 1. The molecule has 2 amide bonds. The summed E-state index contributed by atoms with van der Waals surface area (Å²) in [4.78, 5) is 45.3. The Balaban J connectivity index is 1.90. The van der Waals surface area contributed by atoms with Crippen molar-refractivity contribution in [3.05, 3.63) is 78.8 Å². The highest BCUT2D eigenvalue weighted by Crippen LogP contribution is 2.30. The Morgan fingerprint density at radius 3 is 2.21 bits per heavy atom. The summed E-state index contributed by atoms with van der Waals surface area (Å²) in [7, 11) is 0. The van der Waals surface area contributed by atoms with Crippen LogP contribution in [0.3, 0.4) is 0 Å². The van der Waals surface area contributed by atoms with Gasteiger partial charge in [0, 0.05) is 18.3 Å². The normalized spacial score (nSPS) is 13.8. The summed E-state index contributed by atoms with van der Waals surface area (Å²) in [5, 5.41) is 13.2. The van der Waals surface area contributed by atoms with Crippen molar-refractivity contribution < 1.29 is 19.5 Å². The minimum Gasteiger partial charge on any atom is -0.465 e. The minimum atomic E-state index is -1.23. The van der Waals surface area contributed by atoms with Crippen molar-refractivity contribution in [1.29, 1.82) is 0 Å². The second kappa shape index (κ2) is 13.2. The van der Waals surface area contributed by atoms with Gasteiger partial charge in [-0.05, 0) is 24.3 Å². The van der Waals surface area contributed by atoms with E-state index in [0.717, 1.165) is 23.2 Å². The van der Waals surface area contributed by atoms with Gasteiger partial charge in [0.2, 0.25) is 5.78 Å². The van der Waals surface area contributed by atoms with Gasteiger partial charge in [0.15, 0.2) is 0 Å². The molecule has 2 N–H and O–H groups in total. The third-order valence-corrected chi connectivity index (χ3v) is 6.98. The molecular weight excluding hydrogens is 492 g/mol. The van der Waals surface area contributed by atoms with Crippen molar-refractivity contribution in [2.45, 2.75) is 78.6 Å². The monoisotopic (exact) mass is 532 g/mol. The number of benzene rings is 2. The maximum absolute atomic E-state index is 13.6. The summed E-state index contributed by atoms with van der Waals surface area (Å²) in [6, 6.07) is 17.0. The Morgan fingerprint density at radius 1 is 1.03 bits per heavy atom. The molecule has 8 nitrogen and oxygen atoms in total. The van der Waals surface area contributed by atoms with Gasteiger partial charge in [-0.15, -0.1) is 0 Å². The van der Waals surface area contributed by atoms with E-state index in [1.54, 1.807) is 13.3 Å². The molecule has 0 radical (unpaired) electrons. The van der Waals surface area contributed by atoms with Gasteiger partial charge >= 0.3 is 6.09 Å². The topological polar surface area (TPSA) is 105 Å². The van der Waals surface area contributed by atoms with Crippen LogP contribution in [0.5, 0.6) is 0 Å². The van der Waals surface area contributed by atoms with Gasteiger partial charge < -0.3 is 15.0 Å². The number of nitrogens with one attached hydrogen (secondary N) is 1. The lowest BCUT2D eigenvalue weighted by atomic mass is 9.84. The SMILES string of the molecule is CCCC[C@@H](C(=O)C(=O)N[C@H](C)c1ccccc1)N(C(=O)O)[C@H](Cn1cnc(-c2ccccc2)c1)C(C)(C)C. The number of Topliss-reactive ketones (excluding diaryl/α,β-unsaturated/α-hetero) is 1. The van der Waals surface area contributed by atoms with Gasteiger partial charge in [0.1, 0.15) is 6.04 Å². The molecule has 0 aliphatic carbocycles. The van der Waals surface area contributed by atoms with E-state index in [1.165, 1.54) is 4.90 Å². The zero-order valence-electron chi connectivity index (χ0n) is 23.5. The second-order valence-corrected chi connectivity index (χ2v) is 11.0. The zero-order valence-corrected chi connectivity index (χ0v) is 23.5. The molecule has 2 aromatic carbocycles. The largest absolute Gasteiger partial charge is 0.465 e. The molecule has 0 spiro atoms. The molecule has 39 heavy (non-hydrogen) atoms. The molecule has 0 bridgehead atoms. The first kappa shape index (κ1) is 29.6. The number of hydrogen-bond donors (Lipinski definition) is 2. The highest BCUT2D eigenvalue weighted by molar-refractivity contribution is 6.38. The van der Waals surface area contributed by atoms with E-state index in [9.17, 15) is 19.5 Å². The standard InChI is InChI=1S/C31H40N4O4/c1-6-7-18-26(28(36)29(37)33-22(2)23-14-10-8-11-15-23)35(30(38)39)27(31(3,4)5)20-34-19-25(32-21-34)24-16-12-9-13-17-24/h8-17,19,21-22,26-27H,6-7,18,20H2,1-5H3,(H,33,37)(H,38,39)/t22-,26+,27-/m1/s1. The molecule has 3 aromatic rings. The maximum atomic E-state index is 13.6. The number of rotatable bonds is 12. The maximum Gasteiger partial charge on any atom is 0.408 e. The molecule has 3 rings (SSSR count). The van der Waals surface area contributed by atoms with Crippen LogP contribution in [0.1, 0.15) is 65.5 Å². The fourth-order valence-corrected chi connectivity index (χ4v) is 4.72. The van der Waals surface area contributed by atoms with E-state index in [2.05, 4.69) is 10.3 Å². The molecule has 0 aliphatic heterocycles. The van der Waals surface area contributed by atoms with Crippen LogP contribution >= 0.6 is 0 Å². The third kappa shape index (κ3) is 7.78. The van der Waals surface area contributed by atoms with Crippen LogP contribution in [0.2, 0.25) is 0 Å². The Morgan fingerprint density at radius 2 is 1.64 bits per heavy atom. The smallest absolute Gasteiger partial charge is 0.408 e. The number of nitrogens with zero attached hydrogens (tertiary/aromatic N) is 3. The number of hydrogen-bond acceptors (Lipinski definition) is 4. The highest BCUT2D eigenvalue weighted by atomic mass is 16.4. The first-order valence-corrected chi connectivity index (χ1v) is 13.5. The number of aromatic nitrogens is 2. The number of carboxylic acid groups (broad SMARTS) is 1. The summed E-state index contributed by atoms with van der Waals surface area (Å²) in [5.41, 5.74) is 2.06. The molecule has 0 unspecified atom stereocenters. The first-order valence-electron chi connectivity index (χ1n) is 13.5. The minimum absolute atomic E-state index is 0.264. The van der Waals surface area contributed by atoms with Gasteiger partial charge in [0.25, 0.3) is 5.91 Å². The number of amides is 2. The number of ketones is 1. The Bertz CT molecular complexity index is 1230. The summed E-state index contributed by atoms with van der Waals surface area (Å²) >= 11 is 0. The van der Waals surface area contributed by atoms with Crippen molar-refractivity contribution in [3.63, 3.8) is 0 Å². The zero-order chi connectivity index (χ0) is 28.6. The van der Waals surface area contributed by atoms with E-state index in [0.29, 0.717) is 6.42 Å². The van der Waals surface area contributed by atoms with E-state index >= 15 is 0 Å². The van der Waals surface area contributed by atoms with Gasteiger partial charge in [-0.2, -0.15) is 0 Å². The summed E-state index contributed by atoms with van der Waals surface area (Å²) < 4.78 is 1.85. The lowest BCUT2D eigenvalue weighted by Gasteiger charge is -2.42. The predicted molar refractivity (Wildman–Crippen MR) is 152 cm³/mol. The molecule has 0 fully saturated rings. The molecule has 8 heteroatoms. The van der Waals surface area contributed by atoms with Crippen molar-refractivity contribution in [2.75, 3.05) is 0 Å².